The Labute approximate surface area is 167 Å². The van der Waals surface area contributed by atoms with E-state index in [1.807, 2.05) is 0 Å². The van der Waals surface area contributed by atoms with Crippen molar-refractivity contribution in [3.05, 3.63) is 60.2 Å². The molecule has 146 valence electrons. The summed E-state index contributed by atoms with van der Waals surface area (Å²) >= 11 is 0. The van der Waals surface area contributed by atoms with Crippen LogP contribution in [0.15, 0.2) is 59.5 Å². The Morgan fingerprint density at radius 3 is 2.48 bits per heavy atom. The molecular formula is C21H17N3O4S. The number of carbonyl (C=O) groups excluding carboxylic acids is 2. The van der Waals surface area contributed by atoms with Gasteiger partial charge in [-0.15, -0.1) is 0 Å². The number of amides is 2. The quantitative estimate of drug-likeness (QED) is 0.693. The minimum atomic E-state index is -3.88. The molecule has 1 fully saturated rings. The summed E-state index contributed by atoms with van der Waals surface area (Å²) in [5.74, 6) is -0.158. The number of anilines is 3. The zero-order chi connectivity index (χ0) is 20.2. The van der Waals surface area contributed by atoms with Gasteiger partial charge in [-0.2, -0.15) is 0 Å². The third-order valence-corrected chi connectivity index (χ3v) is 6.73. The van der Waals surface area contributed by atoms with Gasteiger partial charge < -0.3 is 10.2 Å². The van der Waals surface area contributed by atoms with Gasteiger partial charge in [0.25, 0.3) is 15.9 Å². The van der Waals surface area contributed by atoms with Gasteiger partial charge in [0, 0.05) is 46.4 Å². The molecule has 29 heavy (non-hydrogen) atoms. The molecule has 0 aliphatic carbocycles. The summed E-state index contributed by atoms with van der Waals surface area (Å²) in [5, 5.41) is 3.85. The zero-order valence-electron chi connectivity index (χ0n) is 15.3. The van der Waals surface area contributed by atoms with Crippen LogP contribution in [-0.2, 0) is 14.8 Å². The van der Waals surface area contributed by atoms with Crippen molar-refractivity contribution in [2.75, 3.05) is 21.5 Å². The highest BCUT2D eigenvalue weighted by atomic mass is 32.2. The van der Waals surface area contributed by atoms with Crippen LogP contribution in [0.25, 0.3) is 10.8 Å². The van der Waals surface area contributed by atoms with Crippen LogP contribution in [0.3, 0.4) is 0 Å². The molecule has 2 aliphatic heterocycles. The fourth-order valence-electron chi connectivity index (χ4n) is 3.94. The summed E-state index contributed by atoms with van der Waals surface area (Å²) in [6.07, 6.45) is 1.37. The fourth-order valence-corrected chi connectivity index (χ4v) is 5.20. The van der Waals surface area contributed by atoms with E-state index in [4.69, 9.17) is 0 Å². The van der Waals surface area contributed by atoms with Crippen molar-refractivity contribution in [1.29, 1.82) is 0 Å². The number of rotatable bonds is 4. The maximum Gasteiger partial charge on any atom is 0.262 e. The van der Waals surface area contributed by atoms with Crippen molar-refractivity contribution in [3.63, 3.8) is 0 Å². The Morgan fingerprint density at radius 1 is 0.966 bits per heavy atom. The second kappa shape index (κ2) is 6.31. The molecule has 0 unspecified atom stereocenters. The number of nitrogens with zero attached hydrogens (tertiary/aromatic N) is 1. The largest absolute Gasteiger partial charge is 0.321 e. The minimum absolute atomic E-state index is 0.0781. The van der Waals surface area contributed by atoms with E-state index >= 15 is 0 Å². The van der Waals surface area contributed by atoms with Gasteiger partial charge in [-0.25, -0.2) is 8.42 Å². The molecule has 0 saturated carbocycles. The molecule has 2 amide bonds. The average molecular weight is 407 g/mol. The van der Waals surface area contributed by atoms with Crippen molar-refractivity contribution in [2.45, 2.75) is 17.7 Å². The van der Waals surface area contributed by atoms with Crippen LogP contribution < -0.4 is 14.9 Å². The normalized spacial score (nSPS) is 15.8. The number of nitrogens with one attached hydrogen (secondary N) is 2. The molecule has 3 aromatic carbocycles. The first-order valence-corrected chi connectivity index (χ1v) is 10.7. The van der Waals surface area contributed by atoms with Crippen LogP contribution in [-0.4, -0.2) is 26.8 Å². The van der Waals surface area contributed by atoms with Crippen LogP contribution in [0.1, 0.15) is 23.2 Å². The Morgan fingerprint density at radius 2 is 1.76 bits per heavy atom. The van der Waals surface area contributed by atoms with Gasteiger partial charge in [0.15, 0.2) is 0 Å². The van der Waals surface area contributed by atoms with Gasteiger partial charge >= 0.3 is 0 Å². The molecule has 7 nitrogen and oxygen atoms in total. The standard InChI is InChI=1S/C21H17N3O4S/c25-19-5-2-12-24(19)14-8-6-13(7-9-14)23-29(27,28)18-11-10-17-20-15(18)3-1-4-16(20)21(26)22-17/h1,3-4,6-11,23H,2,5,12H2,(H,22,26). The molecule has 8 heteroatoms. The third-order valence-electron chi connectivity index (χ3n) is 5.29. The van der Waals surface area contributed by atoms with Gasteiger partial charge in [0.1, 0.15) is 0 Å². The molecule has 0 atom stereocenters. The summed E-state index contributed by atoms with van der Waals surface area (Å²) in [6, 6.07) is 14.9. The summed E-state index contributed by atoms with van der Waals surface area (Å²) in [5.41, 5.74) is 2.23. The van der Waals surface area contributed by atoms with E-state index in [1.54, 1.807) is 53.4 Å². The molecule has 0 radical (unpaired) electrons. The second-order valence-corrected chi connectivity index (χ2v) is 8.75. The topological polar surface area (TPSA) is 95.6 Å². The van der Waals surface area contributed by atoms with Gasteiger partial charge in [-0.1, -0.05) is 12.1 Å². The van der Waals surface area contributed by atoms with Crippen molar-refractivity contribution in [2.24, 2.45) is 0 Å². The van der Waals surface area contributed by atoms with Gasteiger partial charge in [0.2, 0.25) is 5.91 Å². The highest BCUT2D eigenvalue weighted by Crippen LogP contribution is 2.37. The third kappa shape index (κ3) is 2.84. The van der Waals surface area contributed by atoms with Crippen LogP contribution in [0.2, 0.25) is 0 Å². The van der Waals surface area contributed by atoms with E-state index in [2.05, 4.69) is 10.0 Å². The van der Waals surface area contributed by atoms with Gasteiger partial charge in [-0.3, -0.25) is 14.3 Å². The lowest BCUT2D eigenvalue weighted by Gasteiger charge is -2.16. The van der Waals surface area contributed by atoms with E-state index < -0.39 is 10.0 Å². The van der Waals surface area contributed by atoms with Crippen LogP contribution >= 0.6 is 0 Å². The van der Waals surface area contributed by atoms with E-state index in [0.29, 0.717) is 40.7 Å². The first-order valence-electron chi connectivity index (χ1n) is 9.24. The second-order valence-electron chi connectivity index (χ2n) is 7.09. The lowest BCUT2D eigenvalue weighted by atomic mass is 10.1. The molecular weight excluding hydrogens is 390 g/mol. The number of sulfonamides is 1. The average Bonchev–Trinajstić information content (AvgIpc) is 3.27. The van der Waals surface area contributed by atoms with E-state index in [1.165, 1.54) is 6.07 Å². The molecule has 2 heterocycles. The molecule has 2 N–H and O–H groups in total. The highest BCUT2D eigenvalue weighted by Gasteiger charge is 2.26. The smallest absolute Gasteiger partial charge is 0.262 e. The van der Waals surface area contributed by atoms with E-state index in [-0.39, 0.29) is 16.7 Å². The Kier molecular flexibility index (Phi) is 3.85. The molecule has 2 aliphatic rings. The summed E-state index contributed by atoms with van der Waals surface area (Å²) < 4.78 is 28.7. The summed E-state index contributed by atoms with van der Waals surface area (Å²) in [4.78, 5) is 25.7. The van der Waals surface area contributed by atoms with Crippen LogP contribution in [0.5, 0.6) is 0 Å². The Balaban J connectivity index is 1.49. The Bertz CT molecular complexity index is 1280. The molecule has 3 aromatic rings. The highest BCUT2D eigenvalue weighted by molar-refractivity contribution is 7.93. The van der Waals surface area contributed by atoms with Gasteiger partial charge in [-0.05, 0) is 48.9 Å². The maximum atomic E-state index is 13.1. The fraction of sp³-hybridized carbons (Fsp3) is 0.143. The van der Waals surface area contributed by atoms with E-state index in [9.17, 15) is 18.0 Å². The SMILES string of the molecule is O=C1Nc2ccc(S(=O)(=O)Nc3ccc(N4CCCC4=O)cc3)c3cccc1c23. The monoisotopic (exact) mass is 407 g/mol. The minimum Gasteiger partial charge on any atom is -0.321 e. The predicted molar refractivity (Wildman–Crippen MR) is 111 cm³/mol. The van der Waals surface area contributed by atoms with Crippen molar-refractivity contribution >= 4 is 49.7 Å². The summed E-state index contributed by atoms with van der Waals surface area (Å²) in [7, 11) is -3.88. The van der Waals surface area contributed by atoms with Crippen molar-refractivity contribution in [1.82, 2.24) is 0 Å². The van der Waals surface area contributed by atoms with Crippen LogP contribution in [0.4, 0.5) is 17.1 Å². The summed E-state index contributed by atoms with van der Waals surface area (Å²) in [6.45, 7) is 0.678. The molecule has 0 aromatic heterocycles. The molecule has 0 spiro atoms. The van der Waals surface area contributed by atoms with Gasteiger partial charge in [0.05, 0.1) is 4.90 Å². The number of benzene rings is 3. The molecule has 5 rings (SSSR count). The lowest BCUT2D eigenvalue weighted by Crippen LogP contribution is -2.23. The maximum absolute atomic E-state index is 13.1. The first kappa shape index (κ1) is 17.7. The molecule has 1 saturated heterocycles. The predicted octanol–water partition coefficient (Wildman–Crippen LogP) is 3.33. The zero-order valence-corrected chi connectivity index (χ0v) is 16.1. The number of hydrogen-bond acceptors (Lipinski definition) is 4. The van der Waals surface area contributed by atoms with Crippen molar-refractivity contribution < 1.29 is 18.0 Å². The van der Waals surface area contributed by atoms with Crippen molar-refractivity contribution in [3.8, 4) is 0 Å². The first-order chi connectivity index (χ1) is 13.9. The van der Waals surface area contributed by atoms with E-state index in [0.717, 1.165) is 12.1 Å². The Hall–Kier alpha value is -3.39. The molecule has 0 bridgehead atoms. The number of carbonyl (C=O) groups is 2. The van der Waals surface area contributed by atoms with Crippen LogP contribution in [0, 0.1) is 0 Å². The number of hydrogen-bond donors (Lipinski definition) is 2. The lowest BCUT2D eigenvalue weighted by molar-refractivity contribution is -0.117.